The first-order valence-electron chi connectivity index (χ1n) is 4.41. The van der Waals surface area contributed by atoms with Gasteiger partial charge in [-0.3, -0.25) is 9.89 Å². The van der Waals surface area contributed by atoms with Crippen molar-refractivity contribution in [2.24, 2.45) is 0 Å². The molecule has 78 valence electrons. The van der Waals surface area contributed by atoms with Crippen LogP contribution in [0.3, 0.4) is 0 Å². The number of H-pyrrole nitrogens is 1. The molecule has 5 heteroatoms. The second-order valence-corrected chi connectivity index (χ2v) is 3.18. The van der Waals surface area contributed by atoms with Crippen LogP contribution in [0.1, 0.15) is 18.3 Å². The first-order valence-corrected chi connectivity index (χ1v) is 4.41. The highest BCUT2D eigenvalue weighted by atomic mass is 16.5. The molecule has 0 aromatic carbocycles. The number of rotatable bonds is 3. The van der Waals surface area contributed by atoms with E-state index >= 15 is 0 Å². The zero-order valence-electron chi connectivity index (χ0n) is 8.84. The van der Waals surface area contributed by atoms with Gasteiger partial charge in [0.1, 0.15) is 6.10 Å². The number of aryl methyl sites for hydroxylation is 2. The van der Waals surface area contributed by atoms with Gasteiger partial charge in [0.05, 0.1) is 17.1 Å². The predicted octanol–water partition coefficient (Wildman–Crippen LogP) is 1.000. The number of carbonyl (C=O) groups excluding carboxylic acids is 1. The SMILES string of the molecule is COC(C)C(=O)Nc1c(C)n[nH]c1C. The van der Waals surface area contributed by atoms with Crippen molar-refractivity contribution in [2.75, 3.05) is 12.4 Å². The van der Waals surface area contributed by atoms with Gasteiger partial charge in [0, 0.05) is 7.11 Å². The van der Waals surface area contributed by atoms with Gasteiger partial charge in [-0.15, -0.1) is 0 Å². The zero-order chi connectivity index (χ0) is 10.7. The van der Waals surface area contributed by atoms with Crippen LogP contribution in [-0.4, -0.2) is 29.3 Å². The Bertz CT molecular complexity index is 313. The van der Waals surface area contributed by atoms with Crippen molar-refractivity contribution in [3.8, 4) is 0 Å². The molecule has 1 amide bonds. The number of carbonyl (C=O) groups is 1. The summed E-state index contributed by atoms with van der Waals surface area (Å²) in [6.07, 6.45) is -0.455. The average molecular weight is 197 g/mol. The first-order chi connectivity index (χ1) is 6.56. The number of hydrogen-bond acceptors (Lipinski definition) is 3. The molecule has 0 aliphatic heterocycles. The third-order valence-corrected chi connectivity index (χ3v) is 2.10. The summed E-state index contributed by atoms with van der Waals surface area (Å²) in [5, 5.41) is 9.52. The molecule has 0 saturated carbocycles. The molecule has 5 nitrogen and oxygen atoms in total. The molecule has 0 radical (unpaired) electrons. The third-order valence-electron chi connectivity index (χ3n) is 2.10. The number of amides is 1. The molecule has 0 spiro atoms. The molecule has 1 aromatic heterocycles. The van der Waals surface area contributed by atoms with Crippen LogP contribution < -0.4 is 5.32 Å². The summed E-state index contributed by atoms with van der Waals surface area (Å²) < 4.78 is 4.90. The summed E-state index contributed by atoms with van der Waals surface area (Å²) >= 11 is 0. The van der Waals surface area contributed by atoms with Crippen molar-refractivity contribution in [1.29, 1.82) is 0 Å². The van der Waals surface area contributed by atoms with Crippen molar-refractivity contribution in [2.45, 2.75) is 26.9 Å². The molecule has 0 saturated heterocycles. The summed E-state index contributed by atoms with van der Waals surface area (Å²) in [5.74, 6) is -0.167. The fourth-order valence-corrected chi connectivity index (χ4v) is 1.07. The number of aromatic amines is 1. The minimum Gasteiger partial charge on any atom is -0.372 e. The lowest BCUT2D eigenvalue weighted by Gasteiger charge is -2.10. The van der Waals surface area contributed by atoms with Crippen molar-refractivity contribution >= 4 is 11.6 Å². The van der Waals surface area contributed by atoms with Gasteiger partial charge in [0.25, 0.3) is 5.91 Å². The van der Waals surface area contributed by atoms with Crippen LogP contribution in [-0.2, 0) is 9.53 Å². The van der Waals surface area contributed by atoms with E-state index in [-0.39, 0.29) is 5.91 Å². The molecule has 2 N–H and O–H groups in total. The average Bonchev–Trinajstić information content (AvgIpc) is 2.48. The summed E-state index contributed by atoms with van der Waals surface area (Å²) in [7, 11) is 1.50. The maximum Gasteiger partial charge on any atom is 0.253 e. The molecule has 1 rings (SSSR count). The minimum absolute atomic E-state index is 0.167. The van der Waals surface area contributed by atoms with Crippen LogP contribution in [0, 0.1) is 13.8 Å². The van der Waals surface area contributed by atoms with E-state index in [1.165, 1.54) is 7.11 Å². The zero-order valence-corrected chi connectivity index (χ0v) is 8.84. The Morgan fingerprint density at radius 2 is 2.21 bits per heavy atom. The second-order valence-electron chi connectivity index (χ2n) is 3.18. The van der Waals surface area contributed by atoms with E-state index in [0.29, 0.717) is 0 Å². The van der Waals surface area contributed by atoms with Gasteiger partial charge in [-0.25, -0.2) is 0 Å². The van der Waals surface area contributed by atoms with Gasteiger partial charge in [0.15, 0.2) is 0 Å². The maximum absolute atomic E-state index is 11.5. The number of ether oxygens (including phenoxy) is 1. The van der Waals surface area contributed by atoms with Crippen LogP contribution in [0.2, 0.25) is 0 Å². The van der Waals surface area contributed by atoms with Gasteiger partial charge < -0.3 is 10.1 Å². The number of nitrogens with one attached hydrogen (secondary N) is 2. The summed E-state index contributed by atoms with van der Waals surface area (Å²) in [6.45, 7) is 5.38. The maximum atomic E-state index is 11.5. The van der Waals surface area contributed by atoms with E-state index in [0.717, 1.165) is 17.1 Å². The van der Waals surface area contributed by atoms with Crippen molar-refractivity contribution in [1.82, 2.24) is 10.2 Å². The van der Waals surface area contributed by atoms with E-state index < -0.39 is 6.10 Å². The topological polar surface area (TPSA) is 67.0 Å². The smallest absolute Gasteiger partial charge is 0.253 e. The Morgan fingerprint density at radius 3 is 2.64 bits per heavy atom. The van der Waals surface area contributed by atoms with Gasteiger partial charge in [-0.1, -0.05) is 0 Å². The molecular weight excluding hydrogens is 182 g/mol. The van der Waals surface area contributed by atoms with Crippen molar-refractivity contribution in [3.63, 3.8) is 0 Å². The third kappa shape index (κ3) is 2.11. The van der Waals surface area contributed by atoms with Crippen LogP contribution in [0.25, 0.3) is 0 Å². The lowest BCUT2D eigenvalue weighted by Crippen LogP contribution is -2.26. The molecule has 14 heavy (non-hydrogen) atoms. The normalized spacial score (nSPS) is 12.6. The molecule has 1 aromatic rings. The van der Waals surface area contributed by atoms with Crippen LogP contribution >= 0.6 is 0 Å². The van der Waals surface area contributed by atoms with E-state index in [4.69, 9.17) is 4.74 Å². The number of methoxy groups -OCH3 is 1. The fourth-order valence-electron chi connectivity index (χ4n) is 1.07. The van der Waals surface area contributed by atoms with E-state index in [2.05, 4.69) is 15.5 Å². The second kappa shape index (κ2) is 4.23. The molecular formula is C9H15N3O2. The molecule has 0 aliphatic carbocycles. The molecule has 1 unspecified atom stereocenters. The van der Waals surface area contributed by atoms with Gasteiger partial charge in [-0.05, 0) is 20.8 Å². The highest BCUT2D eigenvalue weighted by Gasteiger charge is 2.15. The Balaban J connectivity index is 2.74. The Kier molecular flexibility index (Phi) is 3.24. The molecule has 0 bridgehead atoms. The van der Waals surface area contributed by atoms with Gasteiger partial charge in [0.2, 0.25) is 0 Å². The van der Waals surface area contributed by atoms with E-state index in [1.54, 1.807) is 6.92 Å². The summed E-state index contributed by atoms with van der Waals surface area (Å²) in [6, 6.07) is 0. The quantitative estimate of drug-likeness (QED) is 0.759. The summed E-state index contributed by atoms with van der Waals surface area (Å²) in [4.78, 5) is 11.5. The number of aromatic nitrogens is 2. The van der Waals surface area contributed by atoms with Gasteiger partial charge >= 0.3 is 0 Å². The Labute approximate surface area is 82.8 Å². The lowest BCUT2D eigenvalue weighted by atomic mass is 10.3. The molecule has 0 fully saturated rings. The first kappa shape index (κ1) is 10.7. The van der Waals surface area contributed by atoms with Crippen LogP contribution in [0.4, 0.5) is 5.69 Å². The Morgan fingerprint density at radius 1 is 1.57 bits per heavy atom. The summed E-state index contributed by atoms with van der Waals surface area (Å²) in [5.41, 5.74) is 2.36. The monoisotopic (exact) mass is 197 g/mol. The Hall–Kier alpha value is -1.36. The van der Waals surface area contributed by atoms with Crippen LogP contribution in [0.15, 0.2) is 0 Å². The molecule has 1 heterocycles. The lowest BCUT2D eigenvalue weighted by molar-refractivity contribution is -0.124. The number of hydrogen-bond donors (Lipinski definition) is 2. The van der Waals surface area contributed by atoms with Crippen molar-refractivity contribution in [3.05, 3.63) is 11.4 Å². The molecule has 0 aliphatic rings. The standard InChI is InChI=1S/C9H15N3O2/c1-5-8(6(2)12-11-5)10-9(13)7(3)14-4/h7H,1-4H3,(H,10,13)(H,11,12). The van der Waals surface area contributed by atoms with Crippen molar-refractivity contribution < 1.29 is 9.53 Å². The van der Waals surface area contributed by atoms with Crippen LogP contribution in [0.5, 0.6) is 0 Å². The van der Waals surface area contributed by atoms with E-state index in [1.807, 2.05) is 13.8 Å². The minimum atomic E-state index is -0.455. The van der Waals surface area contributed by atoms with Gasteiger partial charge in [-0.2, -0.15) is 5.10 Å². The predicted molar refractivity (Wildman–Crippen MR) is 53.2 cm³/mol. The molecule has 1 atom stereocenters. The largest absolute Gasteiger partial charge is 0.372 e. The highest BCUT2D eigenvalue weighted by Crippen LogP contribution is 2.16. The number of nitrogens with zero attached hydrogens (tertiary/aromatic N) is 1. The van der Waals surface area contributed by atoms with E-state index in [9.17, 15) is 4.79 Å². The fraction of sp³-hybridized carbons (Fsp3) is 0.556. The highest BCUT2D eigenvalue weighted by molar-refractivity contribution is 5.94. The number of anilines is 1.